The van der Waals surface area contributed by atoms with Crippen molar-refractivity contribution in [2.24, 2.45) is 4.99 Å². The first-order valence-corrected chi connectivity index (χ1v) is 7.91. The lowest BCUT2D eigenvalue weighted by atomic mass is 10.2. The van der Waals surface area contributed by atoms with Crippen LogP contribution in [0.5, 0.6) is 0 Å². The molecule has 7 heteroatoms. The molecule has 0 radical (unpaired) electrons. The van der Waals surface area contributed by atoms with Gasteiger partial charge in [0.1, 0.15) is 11.2 Å². The van der Waals surface area contributed by atoms with Gasteiger partial charge in [-0.25, -0.2) is 14.5 Å². The lowest BCUT2D eigenvalue weighted by Gasteiger charge is -2.26. The van der Waals surface area contributed by atoms with Crippen molar-refractivity contribution in [1.82, 2.24) is 4.90 Å². The van der Waals surface area contributed by atoms with E-state index in [1.807, 2.05) is 0 Å². The van der Waals surface area contributed by atoms with Gasteiger partial charge < -0.3 is 9.47 Å². The molecule has 0 rings (SSSR count). The average molecular weight is 328 g/mol. The van der Waals surface area contributed by atoms with E-state index in [0.717, 1.165) is 16.7 Å². The van der Waals surface area contributed by atoms with Crippen LogP contribution in [-0.2, 0) is 9.47 Å². The highest BCUT2D eigenvalue weighted by Crippen LogP contribution is 2.15. The third-order valence-corrected chi connectivity index (χ3v) is 2.53. The van der Waals surface area contributed by atoms with Crippen LogP contribution in [-0.4, -0.2) is 46.3 Å². The molecule has 0 unspecified atom stereocenters. The fourth-order valence-electron chi connectivity index (χ4n) is 1.20. The zero-order valence-corrected chi connectivity index (χ0v) is 15.0. The number of thioether (sulfide) groups is 1. The molecule has 0 heterocycles. The van der Waals surface area contributed by atoms with Crippen molar-refractivity contribution >= 4 is 29.1 Å². The maximum Gasteiger partial charge on any atom is 0.436 e. The summed E-state index contributed by atoms with van der Waals surface area (Å²) < 4.78 is 10.4. The smallest absolute Gasteiger partial charge is 0.436 e. The molecule has 0 saturated heterocycles. The van der Waals surface area contributed by atoms with Crippen molar-refractivity contribution in [3.05, 3.63) is 0 Å². The number of hydrogen-bond acceptors (Lipinski definition) is 5. The molecule has 0 N–H and O–H groups in total. The molecule has 0 saturated carbocycles. The first-order valence-electron chi connectivity index (χ1n) is 6.69. The molecule has 0 aromatic rings. The number of amidine groups is 1. The normalized spacial score (nSPS) is 12.4. The van der Waals surface area contributed by atoms with E-state index in [9.17, 15) is 9.59 Å². The van der Waals surface area contributed by atoms with Crippen molar-refractivity contribution in [2.45, 2.75) is 52.7 Å². The number of amides is 2. The van der Waals surface area contributed by atoms with Crippen LogP contribution in [0.25, 0.3) is 0 Å². The van der Waals surface area contributed by atoms with E-state index >= 15 is 0 Å². The number of carbonyl (C=O) groups excluding carboxylic acids is 2. The highest BCUT2D eigenvalue weighted by atomic mass is 32.2. The topological polar surface area (TPSA) is 68.2 Å². The van der Waals surface area contributed by atoms with Crippen LogP contribution >= 0.6 is 11.8 Å². The molecule has 0 atom stereocenters. The number of aliphatic imine (C=N–C) groups is 1. The Bertz CT molecular complexity index is 481. The summed E-state index contributed by atoms with van der Waals surface area (Å²) in [5.41, 5.74) is -1.35. The summed E-state index contributed by atoms with van der Waals surface area (Å²) in [6, 6.07) is 0. The Labute approximate surface area is 136 Å². The zero-order chi connectivity index (χ0) is 17.6. The van der Waals surface area contributed by atoms with E-state index in [1.165, 1.54) is 0 Å². The Kier molecular flexibility index (Phi) is 7.47. The minimum absolute atomic E-state index is 0.0582. The maximum absolute atomic E-state index is 12.2. The Morgan fingerprint density at radius 2 is 1.64 bits per heavy atom. The third kappa shape index (κ3) is 8.57. The van der Waals surface area contributed by atoms with E-state index in [4.69, 9.17) is 15.9 Å². The van der Waals surface area contributed by atoms with Crippen LogP contribution in [0.15, 0.2) is 4.99 Å². The van der Waals surface area contributed by atoms with Crippen molar-refractivity contribution < 1.29 is 19.1 Å². The summed E-state index contributed by atoms with van der Waals surface area (Å²) in [7, 11) is 0. The SMILES string of the molecule is C#CCN(C(=O)OC(C)(C)C)/C(=N/C(=O)OC(C)(C)C)SC. The molecule has 0 aliphatic rings. The van der Waals surface area contributed by atoms with Gasteiger partial charge in [-0.15, -0.1) is 6.42 Å². The Balaban J connectivity index is 5.30. The lowest BCUT2D eigenvalue weighted by Crippen LogP contribution is -2.40. The molecule has 0 aromatic carbocycles. The zero-order valence-electron chi connectivity index (χ0n) is 14.2. The van der Waals surface area contributed by atoms with Gasteiger partial charge in [-0.3, -0.25) is 0 Å². The van der Waals surface area contributed by atoms with Gasteiger partial charge in [0.15, 0.2) is 5.17 Å². The van der Waals surface area contributed by atoms with Gasteiger partial charge in [0.25, 0.3) is 0 Å². The molecule has 6 nitrogen and oxygen atoms in total. The molecule has 0 aliphatic carbocycles. The van der Waals surface area contributed by atoms with Crippen molar-refractivity contribution in [2.75, 3.05) is 12.8 Å². The summed E-state index contributed by atoms with van der Waals surface area (Å²) >= 11 is 1.11. The fourth-order valence-corrected chi connectivity index (χ4v) is 1.72. The summed E-state index contributed by atoms with van der Waals surface area (Å²) in [4.78, 5) is 28.9. The van der Waals surface area contributed by atoms with E-state index < -0.39 is 23.4 Å². The standard InChI is InChI=1S/C15H24N2O4S/c1-9-10-17(13(19)21-15(5,6)7)11(22-8)16-12(18)20-14(2,3)4/h1H,10H2,2-8H3/b16-11-. The second-order valence-corrected chi connectivity index (χ2v) is 7.12. The summed E-state index contributed by atoms with van der Waals surface area (Å²) in [5, 5.41) is 0.126. The maximum atomic E-state index is 12.2. The van der Waals surface area contributed by atoms with Crippen LogP contribution in [0.3, 0.4) is 0 Å². The largest absolute Gasteiger partial charge is 0.443 e. The van der Waals surface area contributed by atoms with Crippen LogP contribution in [0.2, 0.25) is 0 Å². The predicted molar refractivity (Wildman–Crippen MR) is 89.0 cm³/mol. The second kappa shape index (κ2) is 8.08. The van der Waals surface area contributed by atoms with Gasteiger partial charge in [0, 0.05) is 0 Å². The molecular formula is C15H24N2O4S. The first kappa shape index (κ1) is 20.3. The minimum atomic E-state index is -0.789. The number of ether oxygens (including phenoxy) is 2. The molecule has 0 aliphatic heterocycles. The molecule has 0 fully saturated rings. The first-order chi connectivity index (χ1) is 9.89. The number of terminal acetylenes is 1. The molecule has 0 bridgehead atoms. The average Bonchev–Trinajstić information content (AvgIpc) is 2.28. The fraction of sp³-hybridized carbons (Fsp3) is 0.667. The molecule has 2 amide bonds. The van der Waals surface area contributed by atoms with Crippen molar-refractivity contribution in [3.63, 3.8) is 0 Å². The Morgan fingerprint density at radius 1 is 1.14 bits per heavy atom. The molecule has 22 heavy (non-hydrogen) atoms. The van der Waals surface area contributed by atoms with Gasteiger partial charge >= 0.3 is 12.2 Å². The number of rotatable bonds is 1. The monoisotopic (exact) mass is 328 g/mol. The van der Waals surface area contributed by atoms with E-state index in [2.05, 4.69) is 10.9 Å². The highest BCUT2D eigenvalue weighted by Gasteiger charge is 2.26. The van der Waals surface area contributed by atoms with Crippen LogP contribution in [0.4, 0.5) is 9.59 Å². The predicted octanol–water partition coefficient (Wildman–Crippen LogP) is 3.51. The molecular weight excluding hydrogens is 304 g/mol. The molecule has 0 spiro atoms. The van der Waals surface area contributed by atoms with Gasteiger partial charge in [-0.05, 0) is 47.8 Å². The Morgan fingerprint density at radius 3 is 2.00 bits per heavy atom. The van der Waals surface area contributed by atoms with E-state index in [0.29, 0.717) is 0 Å². The summed E-state index contributed by atoms with van der Waals surface area (Å²) in [5.74, 6) is 2.35. The minimum Gasteiger partial charge on any atom is -0.443 e. The third-order valence-electron chi connectivity index (χ3n) is 1.86. The highest BCUT2D eigenvalue weighted by molar-refractivity contribution is 8.13. The summed E-state index contributed by atoms with van der Waals surface area (Å²) in [6.45, 7) is 10.3. The molecule has 124 valence electrons. The quantitative estimate of drug-likeness (QED) is 0.418. The van der Waals surface area contributed by atoms with Gasteiger partial charge in [0.05, 0.1) is 6.54 Å². The van der Waals surface area contributed by atoms with Gasteiger partial charge in [0.2, 0.25) is 0 Å². The number of nitrogens with zero attached hydrogens (tertiary/aromatic N) is 2. The second-order valence-electron chi connectivity index (χ2n) is 6.35. The van der Waals surface area contributed by atoms with Gasteiger partial charge in [-0.2, -0.15) is 4.99 Å². The number of carbonyl (C=O) groups is 2. The van der Waals surface area contributed by atoms with Crippen LogP contribution in [0.1, 0.15) is 41.5 Å². The van der Waals surface area contributed by atoms with E-state index in [-0.39, 0.29) is 11.7 Å². The molecule has 0 aromatic heterocycles. The Hall–Kier alpha value is -1.68. The van der Waals surface area contributed by atoms with Gasteiger partial charge in [-0.1, -0.05) is 17.7 Å². The van der Waals surface area contributed by atoms with Crippen molar-refractivity contribution in [1.29, 1.82) is 0 Å². The van der Waals surface area contributed by atoms with Crippen LogP contribution in [0, 0.1) is 12.3 Å². The summed E-state index contributed by atoms with van der Waals surface area (Å²) in [6.07, 6.45) is 5.50. The number of hydrogen-bond donors (Lipinski definition) is 0. The van der Waals surface area contributed by atoms with E-state index in [1.54, 1.807) is 47.8 Å². The van der Waals surface area contributed by atoms with Crippen molar-refractivity contribution in [3.8, 4) is 12.3 Å². The lowest BCUT2D eigenvalue weighted by molar-refractivity contribution is 0.0390. The van der Waals surface area contributed by atoms with Crippen LogP contribution < -0.4 is 0 Å².